The van der Waals surface area contributed by atoms with Gasteiger partial charge in [0.2, 0.25) is 10.5 Å². The van der Waals surface area contributed by atoms with Crippen LogP contribution >= 0.6 is 0 Å². The number of allylic oxidation sites excluding steroid dienone is 1. The van der Waals surface area contributed by atoms with Crippen LogP contribution in [0.15, 0.2) is 11.6 Å². The van der Waals surface area contributed by atoms with Crippen molar-refractivity contribution < 1.29 is 4.43 Å². The maximum absolute atomic E-state index is 5.21. The van der Waals surface area contributed by atoms with Crippen molar-refractivity contribution in [2.24, 2.45) is 0 Å². The summed E-state index contributed by atoms with van der Waals surface area (Å²) in [7, 11) is 3.11. The molecule has 0 aromatic carbocycles. The summed E-state index contributed by atoms with van der Waals surface area (Å²) < 4.78 is 5.21. The number of rotatable bonds is 2. The molecule has 11 heavy (non-hydrogen) atoms. The number of hydrogen-bond acceptors (Lipinski definition) is 1. The quantitative estimate of drug-likeness (QED) is 0.453. The molecule has 1 aliphatic rings. The van der Waals surface area contributed by atoms with Gasteiger partial charge in [-0.15, -0.1) is 0 Å². The predicted octanol–water partition coefficient (Wildman–Crippen LogP) is 2.37. The van der Waals surface area contributed by atoms with Crippen LogP contribution in [0, 0.1) is 0 Å². The minimum absolute atomic E-state index is 0.114. The van der Waals surface area contributed by atoms with E-state index in [-0.39, 0.29) is 5.60 Å². The molecule has 0 spiro atoms. The molecule has 2 heteroatoms. The van der Waals surface area contributed by atoms with Crippen molar-refractivity contribution in [3.63, 3.8) is 0 Å². The van der Waals surface area contributed by atoms with E-state index < -0.39 is 0 Å². The van der Waals surface area contributed by atoms with Gasteiger partial charge in [-0.3, -0.25) is 0 Å². The van der Waals surface area contributed by atoms with Gasteiger partial charge in [0.05, 0.1) is 5.60 Å². The van der Waals surface area contributed by atoms with Crippen molar-refractivity contribution in [2.75, 3.05) is 0 Å². The molecular weight excluding hydrogens is 152 g/mol. The van der Waals surface area contributed by atoms with E-state index in [4.69, 9.17) is 4.43 Å². The SMILES string of the molecule is CC(C)(O[Si])C1=CCCCC1. The van der Waals surface area contributed by atoms with Gasteiger partial charge < -0.3 is 4.43 Å². The van der Waals surface area contributed by atoms with Crippen molar-refractivity contribution in [2.45, 2.75) is 45.1 Å². The molecule has 61 valence electrons. The lowest BCUT2D eigenvalue weighted by molar-refractivity contribution is 0.158. The second-order valence-corrected chi connectivity index (χ2v) is 3.79. The zero-order valence-electron chi connectivity index (χ0n) is 7.31. The average molecular weight is 167 g/mol. The molecule has 0 fully saturated rings. The van der Waals surface area contributed by atoms with Crippen LogP contribution in [-0.2, 0) is 4.43 Å². The highest BCUT2D eigenvalue weighted by molar-refractivity contribution is 5.98. The van der Waals surface area contributed by atoms with E-state index in [1.807, 2.05) is 0 Å². The second kappa shape index (κ2) is 3.54. The normalized spacial score (nSPS) is 19.7. The summed E-state index contributed by atoms with van der Waals surface area (Å²) in [6.07, 6.45) is 7.36. The van der Waals surface area contributed by atoms with E-state index in [2.05, 4.69) is 30.4 Å². The molecule has 0 saturated carbocycles. The van der Waals surface area contributed by atoms with E-state index in [0.29, 0.717) is 0 Å². The average Bonchev–Trinajstić information content (AvgIpc) is 2.06. The van der Waals surface area contributed by atoms with E-state index in [1.165, 1.54) is 31.3 Å². The summed E-state index contributed by atoms with van der Waals surface area (Å²) in [6, 6.07) is 0. The highest BCUT2D eigenvalue weighted by Crippen LogP contribution is 2.28. The lowest BCUT2D eigenvalue weighted by atomic mass is 9.88. The Hall–Kier alpha value is -0.0831. The van der Waals surface area contributed by atoms with Crippen molar-refractivity contribution in [1.29, 1.82) is 0 Å². The van der Waals surface area contributed by atoms with Gasteiger partial charge in [0.1, 0.15) is 0 Å². The fraction of sp³-hybridized carbons (Fsp3) is 0.778. The van der Waals surface area contributed by atoms with E-state index in [9.17, 15) is 0 Å². The van der Waals surface area contributed by atoms with Crippen molar-refractivity contribution in [3.8, 4) is 0 Å². The van der Waals surface area contributed by atoms with Gasteiger partial charge in [0.25, 0.3) is 0 Å². The standard InChI is InChI=1S/C9H15OSi/c1-9(2,10-11)8-6-4-3-5-7-8/h6H,3-5,7H2,1-2H3. The molecular formula is C9H15OSi. The molecule has 0 saturated heterocycles. The summed E-state index contributed by atoms with van der Waals surface area (Å²) in [5.41, 5.74) is 1.32. The lowest BCUT2D eigenvalue weighted by Crippen LogP contribution is -2.27. The lowest BCUT2D eigenvalue weighted by Gasteiger charge is -2.29. The summed E-state index contributed by atoms with van der Waals surface area (Å²) in [5.74, 6) is 0. The van der Waals surface area contributed by atoms with Crippen molar-refractivity contribution in [3.05, 3.63) is 11.6 Å². The second-order valence-electron chi connectivity index (χ2n) is 3.59. The highest BCUT2D eigenvalue weighted by atomic mass is 28.2. The van der Waals surface area contributed by atoms with Crippen LogP contribution in [0.4, 0.5) is 0 Å². The summed E-state index contributed by atoms with van der Waals surface area (Å²) >= 11 is 0. The summed E-state index contributed by atoms with van der Waals surface area (Å²) in [6.45, 7) is 4.19. The molecule has 0 aromatic rings. The Morgan fingerprint density at radius 1 is 1.45 bits per heavy atom. The van der Waals surface area contributed by atoms with Crippen LogP contribution in [0.1, 0.15) is 39.5 Å². The number of hydrogen-bond donors (Lipinski definition) is 0. The van der Waals surface area contributed by atoms with E-state index in [0.717, 1.165) is 0 Å². The minimum Gasteiger partial charge on any atom is -0.410 e. The molecule has 0 aliphatic heterocycles. The van der Waals surface area contributed by atoms with Crippen LogP contribution in [0.5, 0.6) is 0 Å². The Morgan fingerprint density at radius 2 is 2.18 bits per heavy atom. The molecule has 0 bridgehead atoms. The molecule has 3 radical (unpaired) electrons. The van der Waals surface area contributed by atoms with E-state index in [1.54, 1.807) is 0 Å². The summed E-state index contributed by atoms with van der Waals surface area (Å²) in [5, 5.41) is 0. The fourth-order valence-electron chi connectivity index (χ4n) is 1.45. The Balaban J connectivity index is 2.64. The Bertz CT molecular complexity index is 161. The Labute approximate surface area is 72.4 Å². The third-order valence-electron chi connectivity index (χ3n) is 2.32. The van der Waals surface area contributed by atoms with Crippen LogP contribution in [-0.4, -0.2) is 16.1 Å². The van der Waals surface area contributed by atoms with Crippen molar-refractivity contribution >= 4 is 10.5 Å². The van der Waals surface area contributed by atoms with Crippen LogP contribution in [0.3, 0.4) is 0 Å². The fourth-order valence-corrected chi connectivity index (χ4v) is 1.58. The first kappa shape index (κ1) is 9.01. The largest absolute Gasteiger partial charge is 0.410 e. The van der Waals surface area contributed by atoms with Gasteiger partial charge in [0.15, 0.2) is 0 Å². The summed E-state index contributed by atoms with van der Waals surface area (Å²) in [4.78, 5) is 0. The van der Waals surface area contributed by atoms with Gasteiger partial charge in [-0.05, 0) is 45.1 Å². The topological polar surface area (TPSA) is 9.23 Å². The van der Waals surface area contributed by atoms with Crippen molar-refractivity contribution in [1.82, 2.24) is 0 Å². The smallest absolute Gasteiger partial charge is 0.247 e. The molecule has 0 aromatic heterocycles. The zero-order valence-corrected chi connectivity index (χ0v) is 8.31. The van der Waals surface area contributed by atoms with Crippen LogP contribution in [0.25, 0.3) is 0 Å². The van der Waals surface area contributed by atoms with Gasteiger partial charge in [-0.25, -0.2) is 0 Å². The maximum atomic E-state index is 5.21. The highest BCUT2D eigenvalue weighted by Gasteiger charge is 2.22. The van der Waals surface area contributed by atoms with Crippen LogP contribution in [0.2, 0.25) is 0 Å². The van der Waals surface area contributed by atoms with Gasteiger partial charge in [-0.2, -0.15) is 0 Å². The van der Waals surface area contributed by atoms with Gasteiger partial charge in [0, 0.05) is 0 Å². The minimum atomic E-state index is -0.114. The predicted molar refractivity (Wildman–Crippen MR) is 47.5 cm³/mol. The Kier molecular flexibility index (Phi) is 2.90. The maximum Gasteiger partial charge on any atom is 0.247 e. The molecule has 1 aliphatic carbocycles. The third kappa shape index (κ3) is 2.17. The Morgan fingerprint density at radius 3 is 2.64 bits per heavy atom. The molecule has 0 N–H and O–H groups in total. The van der Waals surface area contributed by atoms with E-state index >= 15 is 0 Å². The van der Waals surface area contributed by atoms with Crippen LogP contribution < -0.4 is 0 Å². The molecule has 1 rings (SSSR count). The zero-order chi connectivity index (χ0) is 8.32. The van der Waals surface area contributed by atoms with Gasteiger partial charge in [-0.1, -0.05) is 6.08 Å². The first-order chi connectivity index (χ1) is 5.17. The molecule has 0 amide bonds. The molecule has 0 atom stereocenters. The third-order valence-corrected chi connectivity index (χ3v) is 2.83. The molecule has 0 heterocycles. The first-order valence-corrected chi connectivity index (χ1v) is 4.62. The molecule has 1 nitrogen and oxygen atoms in total. The first-order valence-electron chi connectivity index (χ1n) is 4.21. The molecule has 0 unspecified atom stereocenters. The van der Waals surface area contributed by atoms with Gasteiger partial charge >= 0.3 is 0 Å². The monoisotopic (exact) mass is 167 g/mol.